The van der Waals surface area contributed by atoms with Gasteiger partial charge in [0.05, 0.1) is 0 Å². The van der Waals surface area contributed by atoms with E-state index in [0.717, 1.165) is 18.2 Å². The van der Waals surface area contributed by atoms with E-state index in [-0.39, 0.29) is 18.1 Å². The van der Waals surface area contributed by atoms with Gasteiger partial charge in [-0.1, -0.05) is 13.8 Å². The molecule has 3 N–H and O–H groups in total. The van der Waals surface area contributed by atoms with Crippen molar-refractivity contribution in [3.63, 3.8) is 0 Å². The van der Waals surface area contributed by atoms with Crippen LogP contribution in [0.5, 0.6) is 5.75 Å². The molecule has 6 heteroatoms. The van der Waals surface area contributed by atoms with Crippen molar-refractivity contribution < 1.29 is 13.9 Å². The average molecular weight is 318 g/mol. The zero-order chi connectivity index (χ0) is 16.9. The van der Waals surface area contributed by atoms with Crippen LogP contribution < -0.4 is 21.4 Å². The predicted molar refractivity (Wildman–Crippen MR) is 88.5 cm³/mol. The van der Waals surface area contributed by atoms with Crippen LogP contribution in [0.4, 0.5) is 0 Å². The van der Waals surface area contributed by atoms with Crippen molar-refractivity contribution in [1.29, 1.82) is 0 Å². The van der Waals surface area contributed by atoms with Crippen LogP contribution in [0, 0.1) is 0 Å². The van der Waals surface area contributed by atoms with Gasteiger partial charge in [0.25, 0.3) is 5.91 Å². The van der Waals surface area contributed by atoms with E-state index < -0.39 is 5.63 Å². The summed E-state index contributed by atoms with van der Waals surface area (Å²) in [5.41, 5.74) is 5.74. The van der Waals surface area contributed by atoms with Gasteiger partial charge in [-0.25, -0.2) is 4.79 Å². The van der Waals surface area contributed by atoms with Gasteiger partial charge in [0, 0.05) is 29.6 Å². The maximum Gasteiger partial charge on any atom is 0.336 e. The predicted octanol–water partition coefficient (Wildman–Crippen LogP) is 1.81. The van der Waals surface area contributed by atoms with Crippen molar-refractivity contribution in [2.45, 2.75) is 32.2 Å². The van der Waals surface area contributed by atoms with Crippen LogP contribution in [0.2, 0.25) is 0 Å². The van der Waals surface area contributed by atoms with Gasteiger partial charge in [-0.15, -0.1) is 0 Å². The zero-order valence-corrected chi connectivity index (χ0v) is 13.4. The summed E-state index contributed by atoms with van der Waals surface area (Å²) < 4.78 is 10.5. The second-order valence-corrected chi connectivity index (χ2v) is 5.59. The number of carbonyl (C=O) groups is 1. The van der Waals surface area contributed by atoms with E-state index in [0.29, 0.717) is 17.9 Å². The Balaban J connectivity index is 1.93. The van der Waals surface area contributed by atoms with Crippen LogP contribution in [0.1, 0.15) is 26.7 Å². The van der Waals surface area contributed by atoms with Crippen LogP contribution in [0.15, 0.2) is 39.5 Å². The molecule has 0 aliphatic carbocycles. The summed E-state index contributed by atoms with van der Waals surface area (Å²) in [7, 11) is 0. The minimum atomic E-state index is -0.425. The molecule has 2 rings (SSSR count). The van der Waals surface area contributed by atoms with E-state index in [1.807, 2.05) is 13.8 Å². The minimum absolute atomic E-state index is 0.119. The lowest BCUT2D eigenvalue weighted by Gasteiger charge is -2.26. The quantitative estimate of drug-likeness (QED) is 0.759. The number of ether oxygens (including phenoxy) is 1. The second-order valence-electron chi connectivity index (χ2n) is 5.59. The molecule has 0 aliphatic rings. The number of fused-ring (bicyclic) bond motifs is 1. The van der Waals surface area contributed by atoms with E-state index in [2.05, 4.69) is 5.32 Å². The Labute approximate surface area is 134 Å². The number of carbonyl (C=O) groups excluding carboxylic acids is 1. The van der Waals surface area contributed by atoms with Crippen LogP contribution in [-0.4, -0.2) is 24.6 Å². The summed E-state index contributed by atoms with van der Waals surface area (Å²) >= 11 is 0. The minimum Gasteiger partial charge on any atom is -0.484 e. The molecule has 124 valence electrons. The summed E-state index contributed by atoms with van der Waals surface area (Å²) in [5, 5.41) is 3.57. The second kappa shape index (κ2) is 7.28. The fraction of sp³-hybridized carbons (Fsp3) is 0.412. The molecule has 0 fully saturated rings. The number of nitrogens with two attached hydrogens (primary N) is 1. The van der Waals surface area contributed by atoms with Gasteiger partial charge in [0.2, 0.25) is 0 Å². The average Bonchev–Trinajstić information content (AvgIpc) is 2.57. The Morgan fingerprint density at radius 1 is 1.26 bits per heavy atom. The monoisotopic (exact) mass is 318 g/mol. The van der Waals surface area contributed by atoms with E-state index in [9.17, 15) is 9.59 Å². The first-order chi connectivity index (χ1) is 11.0. The fourth-order valence-corrected chi connectivity index (χ4v) is 2.11. The highest BCUT2D eigenvalue weighted by atomic mass is 16.5. The molecule has 1 aromatic heterocycles. The van der Waals surface area contributed by atoms with E-state index >= 15 is 0 Å². The summed E-state index contributed by atoms with van der Waals surface area (Å²) in [5.74, 6) is 0.225. The molecule has 0 spiro atoms. The highest BCUT2D eigenvalue weighted by Gasteiger charge is 2.20. The largest absolute Gasteiger partial charge is 0.484 e. The first-order valence-corrected chi connectivity index (χ1v) is 7.68. The maximum absolute atomic E-state index is 11.8. The molecule has 0 atom stereocenters. The molecule has 0 radical (unpaired) electrons. The highest BCUT2D eigenvalue weighted by Crippen LogP contribution is 2.19. The zero-order valence-electron chi connectivity index (χ0n) is 13.4. The Morgan fingerprint density at radius 3 is 2.65 bits per heavy atom. The standard InChI is InChI=1S/C17H22N2O4/c1-3-17(18,4-2)11-19-15(20)10-22-13-7-5-12-6-8-16(21)23-14(12)9-13/h5-9H,3-4,10-11,18H2,1-2H3,(H,19,20). The summed E-state index contributed by atoms with van der Waals surface area (Å²) in [6.07, 6.45) is 1.57. The van der Waals surface area contributed by atoms with Crippen molar-refractivity contribution in [2.75, 3.05) is 13.2 Å². The van der Waals surface area contributed by atoms with Crippen molar-refractivity contribution in [2.24, 2.45) is 5.73 Å². The summed E-state index contributed by atoms with van der Waals surface area (Å²) in [6.45, 7) is 4.28. The first-order valence-electron chi connectivity index (χ1n) is 7.68. The van der Waals surface area contributed by atoms with Gasteiger partial charge in [-0.05, 0) is 31.0 Å². The molecule has 0 saturated carbocycles. The molecular formula is C17H22N2O4. The van der Waals surface area contributed by atoms with Gasteiger partial charge in [0.1, 0.15) is 11.3 Å². The number of benzene rings is 1. The first kappa shape index (κ1) is 17.0. The molecule has 6 nitrogen and oxygen atoms in total. The van der Waals surface area contributed by atoms with Crippen LogP contribution in [0.3, 0.4) is 0 Å². The van der Waals surface area contributed by atoms with Crippen molar-refractivity contribution >= 4 is 16.9 Å². The van der Waals surface area contributed by atoms with Crippen molar-refractivity contribution in [3.8, 4) is 5.75 Å². The molecule has 1 heterocycles. The molecule has 0 aliphatic heterocycles. The molecule has 2 aromatic rings. The smallest absolute Gasteiger partial charge is 0.336 e. The van der Waals surface area contributed by atoms with Gasteiger partial charge in [0.15, 0.2) is 6.61 Å². The summed E-state index contributed by atoms with van der Waals surface area (Å²) in [6, 6.07) is 8.12. The Morgan fingerprint density at radius 2 is 1.96 bits per heavy atom. The topological polar surface area (TPSA) is 94.6 Å². The Bertz CT molecular complexity index is 735. The lowest BCUT2D eigenvalue weighted by molar-refractivity contribution is -0.123. The van der Waals surface area contributed by atoms with Gasteiger partial charge in [-0.3, -0.25) is 4.79 Å². The van der Waals surface area contributed by atoms with Crippen molar-refractivity contribution in [1.82, 2.24) is 5.32 Å². The van der Waals surface area contributed by atoms with Crippen LogP contribution >= 0.6 is 0 Å². The third-order valence-corrected chi connectivity index (χ3v) is 4.01. The van der Waals surface area contributed by atoms with Gasteiger partial charge in [-0.2, -0.15) is 0 Å². The number of rotatable bonds is 7. The lowest BCUT2D eigenvalue weighted by atomic mass is 9.94. The van der Waals surface area contributed by atoms with Gasteiger partial charge >= 0.3 is 5.63 Å². The van der Waals surface area contributed by atoms with E-state index in [1.165, 1.54) is 6.07 Å². The molecular weight excluding hydrogens is 296 g/mol. The van der Waals surface area contributed by atoms with E-state index in [4.69, 9.17) is 14.9 Å². The number of hydrogen-bond acceptors (Lipinski definition) is 5. The molecule has 0 unspecified atom stereocenters. The number of hydrogen-bond donors (Lipinski definition) is 2. The van der Waals surface area contributed by atoms with E-state index in [1.54, 1.807) is 24.3 Å². The molecule has 0 bridgehead atoms. The molecule has 23 heavy (non-hydrogen) atoms. The third kappa shape index (κ3) is 4.56. The molecule has 0 saturated heterocycles. The lowest BCUT2D eigenvalue weighted by Crippen LogP contribution is -2.50. The SMILES string of the molecule is CCC(N)(CC)CNC(=O)COc1ccc2ccc(=O)oc2c1. The summed E-state index contributed by atoms with van der Waals surface area (Å²) in [4.78, 5) is 23.1. The van der Waals surface area contributed by atoms with Gasteiger partial charge < -0.3 is 20.2 Å². The normalized spacial score (nSPS) is 11.4. The molecule has 1 amide bonds. The highest BCUT2D eigenvalue weighted by molar-refractivity contribution is 5.79. The fourth-order valence-electron chi connectivity index (χ4n) is 2.11. The number of amides is 1. The van der Waals surface area contributed by atoms with Crippen molar-refractivity contribution in [3.05, 3.63) is 40.8 Å². The Hall–Kier alpha value is -2.34. The van der Waals surface area contributed by atoms with Crippen LogP contribution in [-0.2, 0) is 4.79 Å². The molecule has 1 aromatic carbocycles. The number of nitrogens with one attached hydrogen (secondary N) is 1. The maximum atomic E-state index is 11.8. The third-order valence-electron chi connectivity index (χ3n) is 4.01. The van der Waals surface area contributed by atoms with Crippen LogP contribution in [0.25, 0.3) is 11.0 Å². The Kier molecular flexibility index (Phi) is 5.39.